The van der Waals surface area contributed by atoms with Crippen LogP contribution in [0.1, 0.15) is 44.5 Å². The molecule has 0 radical (unpaired) electrons. The Bertz CT molecular complexity index is 581. The lowest BCUT2D eigenvalue weighted by Crippen LogP contribution is -2.30. The Morgan fingerprint density at radius 1 is 1.13 bits per heavy atom. The van der Waals surface area contributed by atoms with E-state index in [0.29, 0.717) is 5.56 Å². The number of ketones is 1. The largest absolute Gasteiger partial charge is 0.454 e. The van der Waals surface area contributed by atoms with Crippen molar-refractivity contribution < 1.29 is 23.9 Å². The predicted molar refractivity (Wildman–Crippen MR) is 85.6 cm³/mol. The normalized spacial score (nSPS) is 12.7. The molecule has 0 saturated carbocycles. The molecule has 0 heterocycles. The molecule has 1 unspecified atom stereocenters. The molecule has 5 nitrogen and oxygen atoms in total. The van der Waals surface area contributed by atoms with Gasteiger partial charge in [-0.3, -0.25) is 9.59 Å². The van der Waals surface area contributed by atoms with Crippen LogP contribution in [0.25, 0.3) is 0 Å². The van der Waals surface area contributed by atoms with Crippen molar-refractivity contribution in [2.24, 2.45) is 5.41 Å². The van der Waals surface area contributed by atoms with Crippen molar-refractivity contribution in [2.75, 3.05) is 0 Å². The zero-order valence-electron chi connectivity index (χ0n) is 13.9. The summed E-state index contributed by atoms with van der Waals surface area (Å²) in [6, 6.07) is 8.65. The van der Waals surface area contributed by atoms with Gasteiger partial charge in [-0.2, -0.15) is 0 Å². The van der Waals surface area contributed by atoms with Crippen molar-refractivity contribution in [3.8, 4) is 0 Å². The Kier molecular flexibility index (Phi) is 6.69. The van der Waals surface area contributed by atoms with Gasteiger partial charge in [-0.25, -0.2) is 4.79 Å². The van der Waals surface area contributed by atoms with Crippen LogP contribution in [0.2, 0.25) is 0 Å². The first-order chi connectivity index (χ1) is 10.7. The van der Waals surface area contributed by atoms with E-state index in [9.17, 15) is 14.4 Å². The van der Waals surface area contributed by atoms with E-state index in [1.54, 1.807) is 24.3 Å². The van der Waals surface area contributed by atoms with Crippen LogP contribution in [0.4, 0.5) is 0 Å². The number of esters is 2. The van der Waals surface area contributed by atoms with E-state index in [2.05, 4.69) is 0 Å². The van der Waals surface area contributed by atoms with Crippen LogP contribution in [0.3, 0.4) is 0 Å². The van der Waals surface area contributed by atoms with Gasteiger partial charge in [0.25, 0.3) is 0 Å². The highest BCUT2D eigenvalue weighted by molar-refractivity contribution is 5.94. The molecule has 1 aromatic rings. The standard InChI is InChI=1S/C18H22O5/c1-13(19)12-16(20)22-11-10-15(18(2,3)4)23-17(21)14-8-6-5-7-9-14/h5-11,15H,12H2,1-4H3. The quantitative estimate of drug-likeness (QED) is 0.457. The lowest BCUT2D eigenvalue weighted by molar-refractivity contribution is -0.140. The fraction of sp³-hybridized carbons (Fsp3) is 0.389. The fourth-order valence-electron chi connectivity index (χ4n) is 1.69. The molecule has 0 aromatic heterocycles. The van der Waals surface area contributed by atoms with Crippen molar-refractivity contribution in [3.05, 3.63) is 48.2 Å². The van der Waals surface area contributed by atoms with Gasteiger partial charge < -0.3 is 9.47 Å². The third-order valence-electron chi connectivity index (χ3n) is 2.94. The average molecular weight is 318 g/mol. The minimum absolute atomic E-state index is 0.272. The molecule has 23 heavy (non-hydrogen) atoms. The molecule has 0 spiro atoms. The zero-order chi connectivity index (χ0) is 17.5. The van der Waals surface area contributed by atoms with Crippen LogP contribution in [0, 0.1) is 5.41 Å². The summed E-state index contributed by atoms with van der Waals surface area (Å²) in [4.78, 5) is 34.3. The third kappa shape index (κ3) is 6.91. The first-order valence-corrected chi connectivity index (χ1v) is 7.32. The molecule has 5 heteroatoms. The zero-order valence-corrected chi connectivity index (χ0v) is 13.9. The number of carbonyl (C=O) groups excluding carboxylic acids is 3. The van der Waals surface area contributed by atoms with Crippen molar-refractivity contribution in [2.45, 2.75) is 40.2 Å². The van der Waals surface area contributed by atoms with Gasteiger partial charge in [0.15, 0.2) is 0 Å². The van der Waals surface area contributed by atoms with Crippen LogP contribution in [0.5, 0.6) is 0 Å². The maximum Gasteiger partial charge on any atom is 0.338 e. The molecule has 0 bridgehead atoms. The van der Waals surface area contributed by atoms with Gasteiger partial charge >= 0.3 is 11.9 Å². The topological polar surface area (TPSA) is 69.7 Å². The molecular weight excluding hydrogens is 296 g/mol. The van der Waals surface area contributed by atoms with E-state index in [1.165, 1.54) is 19.3 Å². The van der Waals surface area contributed by atoms with Crippen LogP contribution in [-0.2, 0) is 19.1 Å². The maximum atomic E-state index is 12.1. The summed E-state index contributed by atoms with van der Waals surface area (Å²) in [7, 11) is 0. The van der Waals surface area contributed by atoms with Gasteiger partial charge in [-0.1, -0.05) is 39.0 Å². The summed E-state index contributed by atoms with van der Waals surface area (Å²) in [5.74, 6) is -1.37. The number of ether oxygens (including phenoxy) is 2. The van der Waals surface area contributed by atoms with Gasteiger partial charge in [-0.15, -0.1) is 0 Å². The molecule has 1 aromatic carbocycles. The van der Waals surface area contributed by atoms with E-state index >= 15 is 0 Å². The van der Waals surface area contributed by atoms with Crippen molar-refractivity contribution in [1.82, 2.24) is 0 Å². The summed E-state index contributed by atoms with van der Waals surface area (Å²) >= 11 is 0. The van der Waals surface area contributed by atoms with Gasteiger partial charge in [0, 0.05) is 5.41 Å². The van der Waals surface area contributed by atoms with Crippen LogP contribution >= 0.6 is 0 Å². The molecule has 0 aliphatic rings. The van der Waals surface area contributed by atoms with E-state index in [4.69, 9.17) is 9.47 Å². The molecule has 0 aliphatic heterocycles. The number of Topliss-reactive ketones (excluding diaryl/α,β-unsaturated/α-hetero) is 1. The Morgan fingerprint density at radius 3 is 2.26 bits per heavy atom. The molecule has 124 valence electrons. The lowest BCUT2D eigenvalue weighted by Gasteiger charge is -2.27. The molecule has 0 fully saturated rings. The van der Waals surface area contributed by atoms with Crippen molar-refractivity contribution in [3.63, 3.8) is 0 Å². The van der Waals surface area contributed by atoms with Crippen molar-refractivity contribution in [1.29, 1.82) is 0 Å². The van der Waals surface area contributed by atoms with Gasteiger partial charge in [0.1, 0.15) is 18.3 Å². The van der Waals surface area contributed by atoms with E-state index in [0.717, 1.165) is 0 Å². The predicted octanol–water partition coefficient (Wildman–Crippen LogP) is 3.29. The molecule has 0 saturated heterocycles. The second kappa shape index (κ2) is 8.27. The molecular formula is C18H22O5. The number of hydrogen-bond donors (Lipinski definition) is 0. The smallest absolute Gasteiger partial charge is 0.338 e. The first kappa shape index (κ1) is 18.6. The second-order valence-electron chi connectivity index (χ2n) is 6.26. The van der Waals surface area contributed by atoms with Crippen LogP contribution in [0.15, 0.2) is 42.7 Å². The average Bonchev–Trinajstić information content (AvgIpc) is 2.45. The van der Waals surface area contributed by atoms with E-state index < -0.39 is 18.0 Å². The first-order valence-electron chi connectivity index (χ1n) is 7.32. The molecule has 0 N–H and O–H groups in total. The number of benzene rings is 1. The van der Waals surface area contributed by atoms with Gasteiger partial charge in [0.05, 0.1) is 11.8 Å². The molecule has 0 aliphatic carbocycles. The third-order valence-corrected chi connectivity index (χ3v) is 2.94. The van der Waals surface area contributed by atoms with Crippen LogP contribution in [-0.4, -0.2) is 23.8 Å². The Balaban J connectivity index is 2.72. The summed E-state index contributed by atoms with van der Waals surface area (Å²) in [5, 5.41) is 0. The molecule has 1 atom stereocenters. The molecule has 0 amide bonds. The van der Waals surface area contributed by atoms with Crippen molar-refractivity contribution >= 4 is 17.7 Å². The highest BCUT2D eigenvalue weighted by atomic mass is 16.5. The van der Waals surface area contributed by atoms with E-state index in [1.807, 2.05) is 26.8 Å². The van der Waals surface area contributed by atoms with E-state index in [-0.39, 0.29) is 17.6 Å². The summed E-state index contributed by atoms with van der Waals surface area (Å²) in [6.07, 6.45) is 1.80. The monoisotopic (exact) mass is 318 g/mol. The second-order valence-corrected chi connectivity index (χ2v) is 6.26. The minimum atomic E-state index is -0.643. The highest BCUT2D eigenvalue weighted by Crippen LogP contribution is 2.24. The number of hydrogen-bond acceptors (Lipinski definition) is 5. The summed E-state index contributed by atoms with van der Waals surface area (Å²) < 4.78 is 10.3. The molecule has 1 rings (SSSR count). The fourth-order valence-corrected chi connectivity index (χ4v) is 1.69. The number of carbonyl (C=O) groups is 3. The summed E-state index contributed by atoms with van der Waals surface area (Å²) in [5.41, 5.74) is 0.0669. The number of rotatable bonds is 6. The minimum Gasteiger partial charge on any atom is -0.454 e. The SMILES string of the molecule is CC(=O)CC(=O)OC=CC(OC(=O)c1ccccc1)C(C)(C)C. The van der Waals surface area contributed by atoms with Crippen LogP contribution < -0.4 is 0 Å². The Morgan fingerprint density at radius 2 is 1.74 bits per heavy atom. The lowest BCUT2D eigenvalue weighted by atomic mass is 9.89. The van der Waals surface area contributed by atoms with Gasteiger partial charge in [0.2, 0.25) is 0 Å². The van der Waals surface area contributed by atoms with Gasteiger partial charge in [-0.05, 0) is 25.1 Å². The maximum absolute atomic E-state index is 12.1. The summed E-state index contributed by atoms with van der Waals surface area (Å²) in [6.45, 7) is 7.01. The highest BCUT2D eigenvalue weighted by Gasteiger charge is 2.26. The Labute approximate surface area is 136 Å². The Hall–Kier alpha value is -2.43.